The van der Waals surface area contributed by atoms with E-state index in [9.17, 15) is 9.59 Å². The Morgan fingerprint density at radius 1 is 1.29 bits per heavy atom. The second-order valence-electron chi connectivity index (χ2n) is 4.05. The van der Waals surface area contributed by atoms with Crippen molar-refractivity contribution >= 4 is 11.8 Å². The first-order valence-electron chi connectivity index (χ1n) is 5.66. The van der Waals surface area contributed by atoms with Crippen LogP contribution in [0, 0.1) is 0 Å². The molecule has 1 aromatic carbocycles. The number of carbonyl (C=O) groups is 2. The number of ether oxygens (including phenoxy) is 1. The molecular weight excluding hydrogens is 216 g/mol. The van der Waals surface area contributed by atoms with Crippen LogP contribution in [-0.2, 0) is 22.4 Å². The molecule has 0 fully saturated rings. The van der Waals surface area contributed by atoms with Crippen molar-refractivity contribution in [2.45, 2.75) is 19.3 Å². The van der Waals surface area contributed by atoms with Crippen LogP contribution >= 0.6 is 0 Å². The van der Waals surface area contributed by atoms with E-state index < -0.39 is 11.8 Å². The summed E-state index contributed by atoms with van der Waals surface area (Å²) in [5.74, 6) is -1.40. The summed E-state index contributed by atoms with van der Waals surface area (Å²) in [6.07, 6.45) is 4.60. The first-order chi connectivity index (χ1) is 8.22. The van der Waals surface area contributed by atoms with Crippen molar-refractivity contribution in [2.24, 2.45) is 0 Å². The first kappa shape index (κ1) is 11.6. The van der Waals surface area contributed by atoms with Gasteiger partial charge in [-0.05, 0) is 36.5 Å². The molecule has 1 aromatic rings. The van der Waals surface area contributed by atoms with E-state index in [1.54, 1.807) is 12.1 Å². The van der Waals surface area contributed by atoms with Crippen LogP contribution in [0.4, 0.5) is 0 Å². The molecule has 17 heavy (non-hydrogen) atoms. The molecule has 1 aliphatic carbocycles. The monoisotopic (exact) mass is 230 g/mol. The molecular formula is C14H14O3. The first-order valence-corrected chi connectivity index (χ1v) is 5.66. The van der Waals surface area contributed by atoms with Gasteiger partial charge in [0.1, 0.15) is 6.61 Å². The van der Waals surface area contributed by atoms with Crippen LogP contribution < -0.4 is 0 Å². The number of hydrogen-bond donors (Lipinski definition) is 0. The number of hydrogen-bond acceptors (Lipinski definition) is 3. The predicted molar refractivity (Wildman–Crippen MR) is 64.0 cm³/mol. The van der Waals surface area contributed by atoms with E-state index in [4.69, 9.17) is 4.74 Å². The molecule has 0 aromatic heterocycles. The lowest BCUT2D eigenvalue weighted by atomic mass is 10.0. The summed E-state index contributed by atoms with van der Waals surface area (Å²) in [4.78, 5) is 23.1. The van der Waals surface area contributed by atoms with Crippen LogP contribution in [0.5, 0.6) is 0 Å². The molecule has 0 saturated carbocycles. The fourth-order valence-corrected chi connectivity index (χ4v) is 2.03. The van der Waals surface area contributed by atoms with E-state index in [1.807, 2.05) is 6.07 Å². The van der Waals surface area contributed by atoms with Gasteiger partial charge in [-0.2, -0.15) is 0 Å². The molecule has 0 radical (unpaired) electrons. The number of esters is 1. The average Bonchev–Trinajstić information content (AvgIpc) is 2.81. The molecule has 0 heterocycles. The molecule has 0 amide bonds. The Kier molecular flexibility index (Phi) is 3.38. The Morgan fingerprint density at radius 2 is 2.06 bits per heavy atom. The number of Topliss-reactive ketones (excluding diaryl/α,β-unsaturated/α-hetero) is 1. The van der Waals surface area contributed by atoms with Gasteiger partial charge in [0.15, 0.2) is 0 Å². The number of fused-ring (bicyclic) bond motifs is 1. The summed E-state index contributed by atoms with van der Waals surface area (Å²) >= 11 is 0. The zero-order chi connectivity index (χ0) is 12.3. The van der Waals surface area contributed by atoms with Gasteiger partial charge in [0.25, 0.3) is 5.78 Å². The van der Waals surface area contributed by atoms with Gasteiger partial charge < -0.3 is 4.74 Å². The second kappa shape index (κ2) is 4.95. The zero-order valence-corrected chi connectivity index (χ0v) is 9.57. The summed E-state index contributed by atoms with van der Waals surface area (Å²) < 4.78 is 4.72. The lowest BCUT2D eigenvalue weighted by Gasteiger charge is -2.04. The third-order valence-corrected chi connectivity index (χ3v) is 2.88. The number of rotatable bonds is 4. The van der Waals surface area contributed by atoms with Crippen LogP contribution in [0.15, 0.2) is 30.9 Å². The van der Waals surface area contributed by atoms with E-state index in [2.05, 4.69) is 6.58 Å². The number of aryl methyl sites for hydroxylation is 2. The molecule has 2 rings (SSSR count). The molecule has 0 spiro atoms. The van der Waals surface area contributed by atoms with Crippen LogP contribution in [0.2, 0.25) is 0 Å². The number of carbonyl (C=O) groups excluding carboxylic acids is 2. The van der Waals surface area contributed by atoms with Crippen LogP contribution in [0.25, 0.3) is 0 Å². The largest absolute Gasteiger partial charge is 0.455 e. The van der Waals surface area contributed by atoms with Crippen molar-refractivity contribution in [3.63, 3.8) is 0 Å². The average molecular weight is 230 g/mol. The summed E-state index contributed by atoms with van der Waals surface area (Å²) in [7, 11) is 0. The van der Waals surface area contributed by atoms with Gasteiger partial charge in [-0.3, -0.25) is 4.79 Å². The normalized spacial score (nSPS) is 12.9. The van der Waals surface area contributed by atoms with Gasteiger partial charge in [-0.15, -0.1) is 0 Å². The molecule has 0 unspecified atom stereocenters. The van der Waals surface area contributed by atoms with E-state index in [0.717, 1.165) is 19.3 Å². The minimum atomic E-state index is -0.817. The molecule has 1 aliphatic rings. The second-order valence-corrected chi connectivity index (χ2v) is 4.05. The number of benzene rings is 1. The zero-order valence-electron chi connectivity index (χ0n) is 9.57. The third kappa shape index (κ3) is 2.44. The molecule has 3 heteroatoms. The van der Waals surface area contributed by atoms with Crippen molar-refractivity contribution < 1.29 is 14.3 Å². The van der Waals surface area contributed by atoms with Gasteiger partial charge in [0, 0.05) is 5.56 Å². The van der Waals surface area contributed by atoms with Crippen molar-refractivity contribution in [3.8, 4) is 0 Å². The van der Waals surface area contributed by atoms with E-state index in [-0.39, 0.29) is 6.61 Å². The minimum absolute atomic E-state index is 0.0650. The third-order valence-electron chi connectivity index (χ3n) is 2.88. The number of ketones is 1. The lowest BCUT2D eigenvalue weighted by molar-refractivity contribution is -0.136. The SMILES string of the molecule is C=CCOC(=O)C(=O)c1ccc2c(c1)CCC2. The Labute approximate surface area is 100 Å². The van der Waals surface area contributed by atoms with E-state index in [0.29, 0.717) is 5.56 Å². The maximum atomic E-state index is 11.7. The highest BCUT2D eigenvalue weighted by atomic mass is 16.5. The van der Waals surface area contributed by atoms with Crippen molar-refractivity contribution in [1.29, 1.82) is 0 Å². The molecule has 0 bridgehead atoms. The topological polar surface area (TPSA) is 43.4 Å². The van der Waals surface area contributed by atoms with Crippen LogP contribution in [0.1, 0.15) is 27.9 Å². The maximum absolute atomic E-state index is 11.7. The Bertz CT molecular complexity index is 474. The highest BCUT2D eigenvalue weighted by Gasteiger charge is 2.20. The minimum Gasteiger partial charge on any atom is -0.455 e. The van der Waals surface area contributed by atoms with Gasteiger partial charge in [0.05, 0.1) is 0 Å². The standard InChI is InChI=1S/C14H14O3/c1-2-8-17-14(16)13(15)12-7-6-10-4-3-5-11(10)9-12/h2,6-7,9H,1,3-5,8H2. The lowest BCUT2D eigenvalue weighted by Crippen LogP contribution is -2.17. The summed E-state index contributed by atoms with van der Waals surface area (Å²) in [5.41, 5.74) is 2.87. The molecule has 0 aliphatic heterocycles. The molecule has 0 atom stereocenters. The summed E-state index contributed by atoms with van der Waals surface area (Å²) in [6, 6.07) is 5.43. The molecule has 88 valence electrons. The van der Waals surface area contributed by atoms with Gasteiger partial charge in [0.2, 0.25) is 0 Å². The van der Waals surface area contributed by atoms with Crippen molar-refractivity contribution in [1.82, 2.24) is 0 Å². The maximum Gasteiger partial charge on any atom is 0.379 e. The van der Waals surface area contributed by atoms with Crippen LogP contribution in [-0.4, -0.2) is 18.4 Å². The summed E-state index contributed by atoms with van der Waals surface area (Å²) in [6.45, 7) is 3.49. The van der Waals surface area contributed by atoms with E-state index in [1.165, 1.54) is 17.2 Å². The highest BCUT2D eigenvalue weighted by molar-refractivity contribution is 6.40. The predicted octanol–water partition coefficient (Wildman–Crippen LogP) is 2.09. The van der Waals surface area contributed by atoms with Gasteiger partial charge in [-0.1, -0.05) is 24.8 Å². The Balaban J connectivity index is 2.14. The molecule has 3 nitrogen and oxygen atoms in total. The quantitative estimate of drug-likeness (QED) is 0.344. The smallest absolute Gasteiger partial charge is 0.379 e. The van der Waals surface area contributed by atoms with Crippen molar-refractivity contribution in [3.05, 3.63) is 47.5 Å². The van der Waals surface area contributed by atoms with E-state index >= 15 is 0 Å². The summed E-state index contributed by atoms with van der Waals surface area (Å²) in [5, 5.41) is 0. The Hall–Kier alpha value is -1.90. The van der Waals surface area contributed by atoms with Gasteiger partial charge in [-0.25, -0.2) is 4.79 Å². The fourth-order valence-electron chi connectivity index (χ4n) is 2.03. The fraction of sp³-hybridized carbons (Fsp3) is 0.286. The molecule has 0 N–H and O–H groups in total. The Morgan fingerprint density at radius 3 is 2.82 bits per heavy atom. The van der Waals surface area contributed by atoms with Gasteiger partial charge >= 0.3 is 5.97 Å². The van der Waals surface area contributed by atoms with Crippen molar-refractivity contribution in [2.75, 3.05) is 6.61 Å². The van der Waals surface area contributed by atoms with Crippen LogP contribution in [0.3, 0.4) is 0 Å². The molecule has 0 saturated heterocycles. The highest BCUT2D eigenvalue weighted by Crippen LogP contribution is 2.23.